The van der Waals surface area contributed by atoms with E-state index in [9.17, 15) is 9.18 Å². The molecule has 0 fully saturated rings. The predicted molar refractivity (Wildman–Crippen MR) is 95.0 cm³/mol. The molecule has 1 heterocycles. The Morgan fingerprint density at radius 3 is 2.80 bits per heavy atom. The summed E-state index contributed by atoms with van der Waals surface area (Å²) in [5, 5.41) is 0. The lowest BCUT2D eigenvalue weighted by Gasteiger charge is -2.15. The van der Waals surface area contributed by atoms with Crippen molar-refractivity contribution in [3.05, 3.63) is 48.5 Å². The van der Waals surface area contributed by atoms with Crippen LogP contribution < -0.4 is 4.74 Å². The number of carbonyl (C=O) groups is 1. The average molecular weight is 341 g/mol. The van der Waals surface area contributed by atoms with Crippen molar-refractivity contribution in [2.24, 2.45) is 0 Å². The van der Waals surface area contributed by atoms with E-state index in [1.807, 2.05) is 29.7 Å². The number of fused-ring (bicyclic) bond motifs is 1. The lowest BCUT2D eigenvalue weighted by Crippen LogP contribution is -2.29. The Bertz CT molecular complexity index is 920. The molecule has 2 aromatic carbocycles. The predicted octanol–water partition coefficient (Wildman–Crippen LogP) is 3.33. The van der Waals surface area contributed by atoms with Crippen LogP contribution in [0, 0.1) is 5.82 Å². The number of benzene rings is 2. The van der Waals surface area contributed by atoms with E-state index in [2.05, 4.69) is 4.98 Å². The number of amides is 1. The van der Waals surface area contributed by atoms with Gasteiger partial charge in [-0.1, -0.05) is 6.07 Å². The molecule has 0 aliphatic rings. The molecule has 1 aromatic heterocycles. The van der Waals surface area contributed by atoms with Crippen LogP contribution in [0.1, 0.15) is 6.92 Å². The molecule has 0 saturated carbocycles. The van der Waals surface area contributed by atoms with Gasteiger partial charge in [-0.2, -0.15) is 0 Å². The fraction of sp³-hybridized carbons (Fsp3) is 0.263. The van der Waals surface area contributed by atoms with E-state index in [4.69, 9.17) is 4.74 Å². The quantitative estimate of drug-likeness (QED) is 0.715. The van der Waals surface area contributed by atoms with Gasteiger partial charge >= 0.3 is 0 Å². The standard InChI is InChI=1S/C19H20FN3O2/c1-4-22(2)19(24)11-23-12-21-16-9-13(5-8-17(16)23)15-7-6-14(20)10-18(15)25-3/h5-10,12H,4,11H2,1-3H3. The highest BCUT2D eigenvalue weighted by Gasteiger charge is 2.12. The van der Waals surface area contributed by atoms with Crippen LogP contribution >= 0.6 is 0 Å². The highest BCUT2D eigenvalue weighted by atomic mass is 19.1. The summed E-state index contributed by atoms with van der Waals surface area (Å²) in [6, 6.07) is 10.2. The fourth-order valence-electron chi connectivity index (χ4n) is 2.70. The molecule has 1 amide bonds. The third kappa shape index (κ3) is 3.33. The minimum Gasteiger partial charge on any atom is -0.496 e. The van der Waals surface area contributed by atoms with Gasteiger partial charge in [0.15, 0.2) is 0 Å². The molecule has 0 spiro atoms. The zero-order valence-corrected chi connectivity index (χ0v) is 14.5. The Labute approximate surface area is 145 Å². The number of rotatable bonds is 5. The molecule has 3 rings (SSSR count). The summed E-state index contributed by atoms with van der Waals surface area (Å²) < 4.78 is 20.5. The maximum absolute atomic E-state index is 13.4. The summed E-state index contributed by atoms with van der Waals surface area (Å²) in [6.45, 7) is 2.85. The number of likely N-dealkylation sites (N-methyl/N-ethyl adjacent to an activating group) is 1. The minimum absolute atomic E-state index is 0.0334. The Morgan fingerprint density at radius 2 is 2.08 bits per heavy atom. The number of halogens is 1. The molecule has 5 nitrogen and oxygen atoms in total. The molecule has 0 saturated heterocycles. The summed E-state index contributed by atoms with van der Waals surface area (Å²) in [4.78, 5) is 18.2. The van der Waals surface area contributed by atoms with Crippen molar-refractivity contribution in [1.82, 2.24) is 14.5 Å². The number of aromatic nitrogens is 2. The van der Waals surface area contributed by atoms with Crippen molar-refractivity contribution in [3.63, 3.8) is 0 Å². The fourth-order valence-corrected chi connectivity index (χ4v) is 2.70. The average Bonchev–Trinajstić information content (AvgIpc) is 3.02. The molecular formula is C19H20FN3O2. The van der Waals surface area contributed by atoms with Gasteiger partial charge in [-0.05, 0) is 36.8 Å². The molecule has 0 radical (unpaired) electrons. The zero-order valence-electron chi connectivity index (χ0n) is 14.5. The highest BCUT2D eigenvalue weighted by molar-refractivity contribution is 5.85. The zero-order chi connectivity index (χ0) is 18.0. The molecular weight excluding hydrogens is 321 g/mol. The van der Waals surface area contributed by atoms with Crippen molar-refractivity contribution < 1.29 is 13.9 Å². The third-order valence-electron chi connectivity index (χ3n) is 4.30. The first-order chi connectivity index (χ1) is 12.0. The first kappa shape index (κ1) is 17.0. The number of hydrogen-bond donors (Lipinski definition) is 0. The van der Waals surface area contributed by atoms with Gasteiger partial charge in [0.05, 0.1) is 24.5 Å². The summed E-state index contributed by atoms with van der Waals surface area (Å²) in [5.74, 6) is 0.161. The molecule has 3 aromatic rings. The van der Waals surface area contributed by atoms with E-state index < -0.39 is 0 Å². The van der Waals surface area contributed by atoms with Crippen molar-refractivity contribution in [2.75, 3.05) is 20.7 Å². The van der Waals surface area contributed by atoms with Crippen molar-refractivity contribution in [2.45, 2.75) is 13.5 Å². The number of hydrogen-bond acceptors (Lipinski definition) is 3. The van der Waals surface area contributed by atoms with Crippen molar-refractivity contribution >= 4 is 16.9 Å². The van der Waals surface area contributed by atoms with Gasteiger partial charge in [0, 0.05) is 25.2 Å². The highest BCUT2D eigenvalue weighted by Crippen LogP contribution is 2.32. The monoisotopic (exact) mass is 341 g/mol. The topological polar surface area (TPSA) is 47.4 Å². The number of ether oxygens (including phenoxy) is 1. The van der Waals surface area contributed by atoms with Crippen LogP contribution in [0.3, 0.4) is 0 Å². The smallest absolute Gasteiger partial charge is 0.242 e. The van der Waals surface area contributed by atoms with Crippen LogP contribution in [-0.4, -0.2) is 41.1 Å². The van der Waals surface area contributed by atoms with Crippen LogP contribution in [-0.2, 0) is 11.3 Å². The summed E-state index contributed by atoms with van der Waals surface area (Å²) in [5.41, 5.74) is 3.33. The van der Waals surface area contributed by atoms with Gasteiger partial charge in [-0.25, -0.2) is 9.37 Å². The maximum atomic E-state index is 13.4. The van der Waals surface area contributed by atoms with Crippen LogP contribution in [0.25, 0.3) is 22.2 Å². The number of imidazole rings is 1. The second-order valence-electron chi connectivity index (χ2n) is 5.83. The largest absolute Gasteiger partial charge is 0.496 e. The van der Waals surface area contributed by atoms with Crippen LogP contribution in [0.2, 0.25) is 0 Å². The Kier molecular flexibility index (Phi) is 4.70. The van der Waals surface area contributed by atoms with E-state index >= 15 is 0 Å². The minimum atomic E-state index is -0.343. The van der Waals surface area contributed by atoms with Crippen LogP contribution in [0.15, 0.2) is 42.7 Å². The molecule has 0 aliphatic heterocycles. The Balaban J connectivity index is 1.96. The summed E-state index contributed by atoms with van der Waals surface area (Å²) >= 11 is 0. The Morgan fingerprint density at radius 1 is 1.28 bits per heavy atom. The van der Waals surface area contributed by atoms with E-state index in [0.29, 0.717) is 12.3 Å². The molecule has 0 aliphatic carbocycles. The molecule has 0 unspecified atom stereocenters. The summed E-state index contributed by atoms with van der Waals surface area (Å²) in [7, 11) is 3.29. The van der Waals surface area contributed by atoms with E-state index in [1.165, 1.54) is 19.2 Å². The van der Waals surface area contributed by atoms with Gasteiger partial charge < -0.3 is 14.2 Å². The third-order valence-corrected chi connectivity index (χ3v) is 4.30. The van der Waals surface area contributed by atoms with Gasteiger partial charge in [0.1, 0.15) is 18.1 Å². The Hall–Kier alpha value is -2.89. The first-order valence-electron chi connectivity index (χ1n) is 8.06. The summed E-state index contributed by atoms with van der Waals surface area (Å²) in [6.07, 6.45) is 1.66. The number of carbonyl (C=O) groups excluding carboxylic acids is 1. The SMILES string of the molecule is CCN(C)C(=O)Cn1cnc2cc(-c3ccc(F)cc3OC)ccc21. The van der Waals surface area contributed by atoms with E-state index in [-0.39, 0.29) is 18.3 Å². The van der Waals surface area contributed by atoms with Crippen molar-refractivity contribution in [3.8, 4) is 16.9 Å². The maximum Gasteiger partial charge on any atom is 0.242 e. The lowest BCUT2D eigenvalue weighted by atomic mass is 10.0. The molecule has 0 bridgehead atoms. The number of methoxy groups -OCH3 is 1. The van der Waals surface area contributed by atoms with Crippen molar-refractivity contribution in [1.29, 1.82) is 0 Å². The number of nitrogens with zero attached hydrogens (tertiary/aromatic N) is 3. The normalized spacial score (nSPS) is 10.9. The van der Waals surface area contributed by atoms with E-state index in [1.54, 1.807) is 24.3 Å². The van der Waals surface area contributed by atoms with Crippen LogP contribution in [0.5, 0.6) is 5.75 Å². The molecule has 25 heavy (non-hydrogen) atoms. The van der Waals surface area contributed by atoms with Gasteiger partial charge in [-0.15, -0.1) is 0 Å². The second-order valence-corrected chi connectivity index (χ2v) is 5.83. The molecule has 130 valence electrons. The van der Waals surface area contributed by atoms with E-state index in [0.717, 1.165) is 22.2 Å². The van der Waals surface area contributed by atoms with Gasteiger partial charge in [0.25, 0.3) is 0 Å². The lowest BCUT2D eigenvalue weighted by molar-refractivity contribution is -0.130. The van der Waals surface area contributed by atoms with Gasteiger partial charge in [-0.3, -0.25) is 4.79 Å². The second kappa shape index (κ2) is 6.93. The van der Waals surface area contributed by atoms with Gasteiger partial charge in [0.2, 0.25) is 5.91 Å². The first-order valence-corrected chi connectivity index (χ1v) is 8.06. The molecule has 0 N–H and O–H groups in total. The van der Waals surface area contributed by atoms with Crippen LogP contribution in [0.4, 0.5) is 4.39 Å². The molecule has 0 atom stereocenters. The molecule has 6 heteroatoms.